The molecule has 0 atom stereocenters. The lowest BCUT2D eigenvalue weighted by Crippen LogP contribution is -2.31. The molecular weight excluding hydrogens is 260 g/mol. The second kappa shape index (κ2) is 5.97. The molecule has 0 saturated carbocycles. The number of thiocarbonyl (C=S) groups is 1. The van der Waals surface area contributed by atoms with E-state index in [-0.39, 0.29) is 5.91 Å². The minimum absolute atomic E-state index is 0.0653. The third kappa shape index (κ3) is 3.01. The SMILES string of the molecule is CCCCN1C(=O)/C(=C\c2ccn(CC)n2)NC1=S. The number of hydrogen-bond acceptors (Lipinski definition) is 3. The molecule has 0 aliphatic carbocycles. The highest BCUT2D eigenvalue weighted by Gasteiger charge is 2.29. The van der Waals surface area contributed by atoms with Crippen LogP contribution in [-0.2, 0) is 11.3 Å². The molecule has 5 nitrogen and oxygen atoms in total. The van der Waals surface area contributed by atoms with Crippen LogP contribution >= 0.6 is 12.2 Å². The van der Waals surface area contributed by atoms with Gasteiger partial charge in [-0.3, -0.25) is 14.4 Å². The number of aromatic nitrogens is 2. The zero-order valence-corrected chi connectivity index (χ0v) is 12.0. The lowest BCUT2D eigenvalue weighted by atomic mass is 10.3. The number of nitrogens with one attached hydrogen (secondary N) is 1. The fraction of sp³-hybridized carbons (Fsp3) is 0.462. The molecule has 19 heavy (non-hydrogen) atoms. The van der Waals surface area contributed by atoms with Crippen molar-refractivity contribution in [2.75, 3.05) is 6.54 Å². The maximum atomic E-state index is 12.2. The van der Waals surface area contributed by atoms with E-state index in [1.807, 2.05) is 23.9 Å². The Morgan fingerprint density at radius 3 is 2.89 bits per heavy atom. The van der Waals surface area contributed by atoms with Gasteiger partial charge in [0.2, 0.25) is 0 Å². The summed E-state index contributed by atoms with van der Waals surface area (Å²) in [5.74, 6) is -0.0653. The van der Waals surface area contributed by atoms with Crippen molar-refractivity contribution in [1.82, 2.24) is 20.0 Å². The van der Waals surface area contributed by atoms with Gasteiger partial charge >= 0.3 is 0 Å². The molecule has 1 N–H and O–H groups in total. The van der Waals surface area contributed by atoms with Crippen molar-refractivity contribution in [2.24, 2.45) is 0 Å². The van der Waals surface area contributed by atoms with Crippen LogP contribution in [0.5, 0.6) is 0 Å². The molecule has 1 fully saturated rings. The van der Waals surface area contributed by atoms with Crippen LogP contribution in [0, 0.1) is 0 Å². The third-order valence-corrected chi connectivity index (χ3v) is 3.30. The highest BCUT2D eigenvalue weighted by atomic mass is 32.1. The van der Waals surface area contributed by atoms with E-state index in [1.54, 1.807) is 11.0 Å². The molecule has 102 valence electrons. The first-order valence-corrected chi connectivity index (χ1v) is 6.94. The fourth-order valence-corrected chi connectivity index (χ4v) is 2.15. The Balaban J connectivity index is 2.13. The lowest BCUT2D eigenvalue weighted by Gasteiger charge is -2.12. The summed E-state index contributed by atoms with van der Waals surface area (Å²) in [5, 5.41) is 7.77. The van der Waals surface area contributed by atoms with Crippen LogP contribution in [0.2, 0.25) is 0 Å². The molecule has 0 aromatic carbocycles. The molecule has 0 bridgehead atoms. The maximum absolute atomic E-state index is 12.2. The molecule has 1 aromatic heterocycles. The zero-order valence-electron chi connectivity index (χ0n) is 11.2. The quantitative estimate of drug-likeness (QED) is 0.658. The van der Waals surface area contributed by atoms with Gasteiger partial charge in [-0.05, 0) is 37.7 Å². The van der Waals surface area contributed by atoms with Gasteiger partial charge in [-0.15, -0.1) is 0 Å². The van der Waals surface area contributed by atoms with Gasteiger partial charge in [0.05, 0.1) is 5.69 Å². The number of rotatable bonds is 5. The van der Waals surface area contributed by atoms with Crippen molar-refractivity contribution >= 4 is 29.3 Å². The molecule has 1 aromatic rings. The zero-order chi connectivity index (χ0) is 13.8. The third-order valence-electron chi connectivity index (χ3n) is 2.98. The maximum Gasteiger partial charge on any atom is 0.276 e. The van der Waals surface area contributed by atoms with Crippen molar-refractivity contribution in [3.63, 3.8) is 0 Å². The number of unbranched alkanes of at least 4 members (excludes halogenated alkanes) is 1. The molecule has 2 heterocycles. The van der Waals surface area contributed by atoms with Crippen LogP contribution < -0.4 is 5.32 Å². The smallest absolute Gasteiger partial charge is 0.276 e. The predicted molar refractivity (Wildman–Crippen MR) is 78.2 cm³/mol. The molecule has 1 aliphatic heterocycles. The Bertz CT molecular complexity index is 520. The van der Waals surface area contributed by atoms with Gasteiger partial charge in [-0.25, -0.2) is 0 Å². The summed E-state index contributed by atoms with van der Waals surface area (Å²) >= 11 is 5.18. The van der Waals surface area contributed by atoms with Crippen LogP contribution in [-0.4, -0.2) is 32.2 Å². The number of amides is 1. The van der Waals surface area contributed by atoms with Gasteiger partial charge < -0.3 is 5.32 Å². The number of carbonyl (C=O) groups is 1. The second-order valence-electron chi connectivity index (χ2n) is 4.39. The normalized spacial score (nSPS) is 17.4. The summed E-state index contributed by atoms with van der Waals surface area (Å²) in [6, 6.07) is 1.88. The van der Waals surface area contributed by atoms with Crippen LogP contribution in [0.1, 0.15) is 32.4 Å². The van der Waals surface area contributed by atoms with Crippen LogP contribution in [0.3, 0.4) is 0 Å². The van der Waals surface area contributed by atoms with E-state index in [0.717, 1.165) is 25.1 Å². The van der Waals surface area contributed by atoms with Gasteiger partial charge in [-0.1, -0.05) is 13.3 Å². The highest BCUT2D eigenvalue weighted by molar-refractivity contribution is 7.80. The summed E-state index contributed by atoms with van der Waals surface area (Å²) in [7, 11) is 0. The molecule has 6 heteroatoms. The van der Waals surface area contributed by atoms with Crippen LogP contribution in [0.15, 0.2) is 18.0 Å². The Kier molecular flexibility index (Phi) is 4.31. The second-order valence-corrected chi connectivity index (χ2v) is 4.78. The van der Waals surface area contributed by atoms with E-state index in [9.17, 15) is 4.79 Å². The largest absolute Gasteiger partial charge is 0.328 e. The van der Waals surface area contributed by atoms with E-state index >= 15 is 0 Å². The monoisotopic (exact) mass is 278 g/mol. The average molecular weight is 278 g/mol. The van der Waals surface area contributed by atoms with Gasteiger partial charge in [0, 0.05) is 19.3 Å². The summed E-state index contributed by atoms with van der Waals surface area (Å²) < 4.78 is 1.82. The molecule has 1 saturated heterocycles. The summed E-state index contributed by atoms with van der Waals surface area (Å²) in [6.07, 6.45) is 5.61. The topological polar surface area (TPSA) is 50.2 Å². The van der Waals surface area contributed by atoms with Gasteiger partial charge in [-0.2, -0.15) is 5.10 Å². The molecule has 1 amide bonds. The van der Waals surface area contributed by atoms with Crippen LogP contribution in [0.4, 0.5) is 0 Å². The molecule has 0 unspecified atom stereocenters. The molecular formula is C13H18N4OS. The minimum Gasteiger partial charge on any atom is -0.328 e. The summed E-state index contributed by atoms with van der Waals surface area (Å²) in [4.78, 5) is 13.8. The van der Waals surface area contributed by atoms with Gasteiger partial charge in [0.25, 0.3) is 5.91 Å². The highest BCUT2D eigenvalue weighted by Crippen LogP contribution is 2.14. The Labute approximate surface area is 118 Å². The lowest BCUT2D eigenvalue weighted by molar-refractivity contribution is -0.122. The summed E-state index contributed by atoms with van der Waals surface area (Å²) in [5.41, 5.74) is 1.26. The molecule has 2 rings (SSSR count). The van der Waals surface area contributed by atoms with E-state index in [4.69, 9.17) is 12.2 Å². The summed E-state index contributed by atoms with van der Waals surface area (Å²) in [6.45, 7) is 5.59. The Morgan fingerprint density at radius 2 is 2.26 bits per heavy atom. The molecule has 0 radical (unpaired) electrons. The number of aryl methyl sites for hydroxylation is 1. The number of hydrogen-bond donors (Lipinski definition) is 1. The average Bonchev–Trinajstić information content (AvgIpc) is 2.95. The van der Waals surface area contributed by atoms with Crippen molar-refractivity contribution in [1.29, 1.82) is 0 Å². The number of carbonyl (C=O) groups excluding carboxylic acids is 1. The molecule has 0 spiro atoms. The number of nitrogens with zero attached hydrogens (tertiary/aromatic N) is 3. The van der Waals surface area contributed by atoms with Gasteiger partial charge in [0.1, 0.15) is 5.70 Å². The van der Waals surface area contributed by atoms with E-state index in [2.05, 4.69) is 17.3 Å². The van der Waals surface area contributed by atoms with Crippen molar-refractivity contribution in [2.45, 2.75) is 33.2 Å². The first kappa shape index (κ1) is 13.7. The first-order chi connectivity index (χ1) is 9.15. The van der Waals surface area contributed by atoms with Gasteiger partial charge in [0.15, 0.2) is 5.11 Å². The van der Waals surface area contributed by atoms with Crippen molar-refractivity contribution < 1.29 is 4.79 Å². The van der Waals surface area contributed by atoms with Crippen molar-refractivity contribution in [3.8, 4) is 0 Å². The van der Waals surface area contributed by atoms with E-state index in [0.29, 0.717) is 17.4 Å². The molecule has 1 aliphatic rings. The minimum atomic E-state index is -0.0653. The Hall–Kier alpha value is -1.69. The Morgan fingerprint density at radius 1 is 1.47 bits per heavy atom. The fourth-order valence-electron chi connectivity index (χ4n) is 1.87. The first-order valence-electron chi connectivity index (χ1n) is 6.53. The van der Waals surface area contributed by atoms with Crippen molar-refractivity contribution in [3.05, 3.63) is 23.7 Å². The van der Waals surface area contributed by atoms with Crippen LogP contribution in [0.25, 0.3) is 6.08 Å². The van der Waals surface area contributed by atoms with E-state index < -0.39 is 0 Å². The standard InChI is InChI=1S/C13H18N4OS/c1-3-5-7-17-12(18)11(14-13(17)19)9-10-6-8-16(4-2)15-10/h6,8-9H,3-5,7H2,1-2H3,(H,14,19)/b11-9+. The predicted octanol–water partition coefficient (Wildman–Crippen LogP) is 1.76. The van der Waals surface area contributed by atoms with E-state index in [1.165, 1.54) is 0 Å².